The highest BCUT2D eigenvalue weighted by Gasteiger charge is 2.41. The van der Waals surface area contributed by atoms with Crippen molar-refractivity contribution in [3.05, 3.63) is 75.9 Å². The molecule has 4 rings (SSSR count). The van der Waals surface area contributed by atoms with E-state index in [2.05, 4.69) is 45.2 Å². The van der Waals surface area contributed by atoms with Gasteiger partial charge >= 0.3 is 0 Å². The van der Waals surface area contributed by atoms with Crippen LogP contribution in [0.5, 0.6) is 0 Å². The monoisotopic (exact) mass is 409 g/mol. The van der Waals surface area contributed by atoms with E-state index in [-0.39, 0.29) is 11.9 Å². The number of unbranched alkanes of at least 4 members (excludes halogenated alkanes) is 1. The van der Waals surface area contributed by atoms with Gasteiger partial charge in [0.25, 0.3) is 5.91 Å². The Morgan fingerprint density at radius 3 is 2.69 bits per heavy atom. The Morgan fingerprint density at radius 2 is 1.96 bits per heavy atom. The molecule has 0 radical (unpaired) electrons. The molecular weight excluding hydrogens is 390 g/mol. The van der Waals surface area contributed by atoms with Gasteiger partial charge in [0.15, 0.2) is 0 Å². The third-order valence-electron chi connectivity index (χ3n) is 4.83. The maximum atomic E-state index is 13.1. The summed E-state index contributed by atoms with van der Waals surface area (Å²) in [5.41, 5.74) is 4.58. The summed E-state index contributed by atoms with van der Waals surface area (Å²) in [6.07, 6.45) is 2.03. The fourth-order valence-electron chi connectivity index (χ4n) is 3.60. The number of rotatable bonds is 5. The second-order valence-electron chi connectivity index (χ2n) is 6.54. The van der Waals surface area contributed by atoms with E-state index in [1.54, 1.807) is 0 Å². The number of carbonyl (C=O) groups excluding carboxylic acids is 1. The van der Waals surface area contributed by atoms with Crippen molar-refractivity contribution in [3.63, 3.8) is 0 Å². The number of H-pyrrole nitrogens is 1. The van der Waals surface area contributed by atoms with Crippen molar-refractivity contribution in [2.45, 2.75) is 25.8 Å². The molecule has 5 heteroatoms. The van der Waals surface area contributed by atoms with Gasteiger partial charge in [0.05, 0.1) is 11.7 Å². The van der Waals surface area contributed by atoms with Gasteiger partial charge in [0.2, 0.25) is 0 Å². The molecule has 1 N–H and O–H groups in total. The number of aromatic amines is 1. The zero-order chi connectivity index (χ0) is 18.1. The van der Waals surface area contributed by atoms with Crippen LogP contribution in [0, 0.1) is 0 Å². The van der Waals surface area contributed by atoms with Crippen LogP contribution in [0.3, 0.4) is 0 Å². The Kier molecular flexibility index (Phi) is 4.64. The molecule has 26 heavy (non-hydrogen) atoms. The molecule has 0 spiro atoms. The number of aromatic nitrogens is 2. The average molecular weight is 410 g/mol. The Labute approximate surface area is 161 Å². The highest BCUT2D eigenvalue weighted by atomic mass is 79.9. The van der Waals surface area contributed by atoms with E-state index in [4.69, 9.17) is 0 Å². The van der Waals surface area contributed by atoms with Crippen LogP contribution in [0.1, 0.15) is 47.4 Å². The van der Waals surface area contributed by atoms with Crippen LogP contribution >= 0.6 is 15.9 Å². The Bertz CT molecular complexity index is 935. The first-order chi connectivity index (χ1) is 12.7. The van der Waals surface area contributed by atoms with Crippen molar-refractivity contribution in [3.8, 4) is 11.3 Å². The third kappa shape index (κ3) is 2.86. The molecule has 1 aliphatic rings. The SMILES string of the molecule is CCCCN1C(=O)c2[nH]nc(-c3ccccc3)c2C1c1cccc(Br)c1. The van der Waals surface area contributed by atoms with Crippen LogP contribution in [0.4, 0.5) is 0 Å². The predicted octanol–water partition coefficient (Wildman–Crippen LogP) is 5.18. The van der Waals surface area contributed by atoms with Gasteiger partial charge in [-0.15, -0.1) is 0 Å². The molecule has 132 valence electrons. The lowest BCUT2D eigenvalue weighted by atomic mass is 9.96. The van der Waals surface area contributed by atoms with Gasteiger partial charge in [-0.1, -0.05) is 71.7 Å². The number of nitrogens with one attached hydrogen (secondary N) is 1. The number of hydrogen-bond donors (Lipinski definition) is 1. The molecule has 1 atom stereocenters. The fraction of sp³-hybridized carbons (Fsp3) is 0.238. The average Bonchev–Trinajstić information content (AvgIpc) is 3.20. The standard InChI is InChI=1S/C21H20BrN3O/c1-2-3-12-25-20(15-10-7-11-16(22)13-15)17-18(14-8-5-4-6-9-14)23-24-19(17)21(25)26/h4-11,13,20H,2-3,12H2,1H3,(H,23,24). The predicted molar refractivity (Wildman–Crippen MR) is 106 cm³/mol. The Hall–Kier alpha value is -2.40. The summed E-state index contributed by atoms with van der Waals surface area (Å²) in [7, 11) is 0. The van der Waals surface area contributed by atoms with Crippen LogP contribution in [0.15, 0.2) is 59.1 Å². The molecule has 0 fully saturated rings. The highest BCUT2D eigenvalue weighted by molar-refractivity contribution is 9.10. The third-order valence-corrected chi connectivity index (χ3v) is 5.32. The molecule has 0 saturated carbocycles. The van der Waals surface area contributed by atoms with Crippen molar-refractivity contribution in [1.82, 2.24) is 15.1 Å². The molecule has 0 bridgehead atoms. The summed E-state index contributed by atoms with van der Waals surface area (Å²) in [5.74, 6) is 0.0353. The normalized spacial score (nSPS) is 16.2. The number of nitrogens with zero attached hydrogens (tertiary/aromatic N) is 2. The first-order valence-electron chi connectivity index (χ1n) is 8.90. The summed E-state index contributed by atoms with van der Waals surface area (Å²) in [6.45, 7) is 2.88. The summed E-state index contributed by atoms with van der Waals surface area (Å²) >= 11 is 3.56. The van der Waals surface area contributed by atoms with Crippen LogP contribution < -0.4 is 0 Å². The molecule has 2 heterocycles. The van der Waals surface area contributed by atoms with Crippen molar-refractivity contribution in [2.75, 3.05) is 6.54 Å². The number of halogens is 1. The maximum absolute atomic E-state index is 13.1. The molecule has 2 aromatic carbocycles. The lowest BCUT2D eigenvalue weighted by Gasteiger charge is -2.26. The van der Waals surface area contributed by atoms with Gasteiger partial charge in [0.1, 0.15) is 5.69 Å². The molecule has 1 aliphatic heterocycles. The fourth-order valence-corrected chi connectivity index (χ4v) is 4.01. The Morgan fingerprint density at radius 1 is 1.15 bits per heavy atom. The van der Waals surface area contributed by atoms with Crippen molar-refractivity contribution >= 4 is 21.8 Å². The van der Waals surface area contributed by atoms with Crippen LogP contribution in [0.25, 0.3) is 11.3 Å². The van der Waals surface area contributed by atoms with Gasteiger partial charge in [-0.3, -0.25) is 9.89 Å². The van der Waals surface area contributed by atoms with E-state index < -0.39 is 0 Å². The molecule has 1 amide bonds. The second-order valence-corrected chi connectivity index (χ2v) is 7.45. The van der Waals surface area contributed by atoms with Gasteiger partial charge < -0.3 is 4.90 Å². The quantitative estimate of drug-likeness (QED) is 0.630. The molecule has 0 saturated heterocycles. The van der Waals surface area contributed by atoms with Crippen molar-refractivity contribution in [1.29, 1.82) is 0 Å². The molecule has 1 aromatic heterocycles. The molecule has 4 nitrogen and oxygen atoms in total. The smallest absolute Gasteiger partial charge is 0.273 e. The zero-order valence-electron chi connectivity index (χ0n) is 14.6. The van der Waals surface area contributed by atoms with Crippen molar-refractivity contribution < 1.29 is 4.79 Å². The van der Waals surface area contributed by atoms with E-state index in [9.17, 15) is 4.79 Å². The number of fused-ring (bicyclic) bond motifs is 1. The summed E-state index contributed by atoms with van der Waals surface area (Å²) in [6, 6.07) is 18.1. The minimum atomic E-state index is -0.115. The minimum absolute atomic E-state index is 0.0353. The number of benzene rings is 2. The summed E-state index contributed by atoms with van der Waals surface area (Å²) in [5, 5.41) is 7.49. The van der Waals surface area contributed by atoms with E-state index in [1.807, 2.05) is 47.4 Å². The highest BCUT2D eigenvalue weighted by Crippen LogP contribution is 2.43. The van der Waals surface area contributed by atoms with E-state index in [0.717, 1.165) is 46.2 Å². The maximum Gasteiger partial charge on any atom is 0.273 e. The Balaban J connectivity index is 1.87. The van der Waals surface area contributed by atoms with E-state index in [1.165, 1.54) is 0 Å². The topological polar surface area (TPSA) is 49.0 Å². The second kappa shape index (κ2) is 7.08. The van der Waals surface area contributed by atoms with Crippen molar-refractivity contribution in [2.24, 2.45) is 0 Å². The molecular formula is C21H20BrN3O. The van der Waals surface area contributed by atoms with Gasteiger partial charge in [-0.25, -0.2) is 0 Å². The van der Waals surface area contributed by atoms with Crippen LogP contribution in [-0.4, -0.2) is 27.5 Å². The van der Waals surface area contributed by atoms with Gasteiger partial charge in [0, 0.05) is 22.1 Å². The number of carbonyl (C=O) groups is 1. The summed E-state index contributed by atoms with van der Waals surface area (Å²) in [4.78, 5) is 15.0. The lowest BCUT2D eigenvalue weighted by Crippen LogP contribution is -2.30. The van der Waals surface area contributed by atoms with E-state index in [0.29, 0.717) is 5.69 Å². The van der Waals surface area contributed by atoms with E-state index >= 15 is 0 Å². The minimum Gasteiger partial charge on any atom is -0.326 e. The first-order valence-corrected chi connectivity index (χ1v) is 9.70. The molecule has 1 unspecified atom stereocenters. The first kappa shape index (κ1) is 17.0. The number of amides is 1. The zero-order valence-corrected chi connectivity index (χ0v) is 16.2. The number of hydrogen-bond acceptors (Lipinski definition) is 2. The molecule has 0 aliphatic carbocycles. The lowest BCUT2D eigenvalue weighted by molar-refractivity contribution is 0.0741. The van der Waals surface area contributed by atoms with Crippen LogP contribution in [-0.2, 0) is 0 Å². The van der Waals surface area contributed by atoms with Crippen LogP contribution in [0.2, 0.25) is 0 Å². The van der Waals surface area contributed by atoms with Gasteiger partial charge in [-0.05, 0) is 24.1 Å². The molecule has 3 aromatic rings. The van der Waals surface area contributed by atoms with Gasteiger partial charge in [-0.2, -0.15) is 5.10 Å². The summed E-state index contributed by atoms with van der Waals surface area (Å²) < 4.78 is 1.01. The largest absolute Gasteiger partial charge is 0.326 e.